The first-order chi connectivity index (χ1) is 17.4. The van der Waals surface area contributed by atoms with E-state index in [1.807, 2.05) is 18.2 Å². The molecule has 37 heavy (non-hydrogen) atoms. The van der Waals surface area contributed by atoms with Crippen molar-refractivity contribution in [1.82, 2.24) is 0 Å². The van der Waals surface area contributed by atoms with E-state index in [4.69, 9.17) is 25.0 Å². The number of aliphatic hydroxyl groups is 1. The van der Waals surface area contributed by atoms with Crippen molar-refractivity contribution in [3.05, 3.63) is 89.5 Å². The summed E-state index contributed by atoms with van der Waals surface area (Å²) in [5.41, 5.74) is 4.21. The number of ether oxygens (including phenoxy) is 2. The monoisotopic (exact) mass is 541 g/mol. The molecule has 0 aliphatic carbocycles. The second-order valence-electron chi connectivity index (χ2n) is 8.46. The average Bonchev–Trinajstić information content (AvgIpc) is 2.85. The van der Waals surface area contributed by atoms with Crippen LogP contribution in [0.3, 0.4) is 0 Å². The van der Waals surface area contributed by atoms with E-state index < -0.39 is 38.3 Å². The Morgan fingerprint density at radius 1 is 0.892 bits per heavy atom. The summed E-state index contributed by atoms with van der Waals surface area (Å²) in [6, 6.07) is 19.4. The zero-order valence-electron chi connectivity index (χ0n) is 19.6. The summed E-state index contributed by atoms with van der Waals surface area (Å²) in [7, 11) is -4.83. The van der Waals surface area contributed by atoms with Gasteiger partial charge < -0.3 is 30.1 Å². The predicted octanol–water partition coefficient (Wildman–Crippen LogP) is 4.81. The minimum atomic E-state index is -4.83. The van der Waals surface area contributed by atoms with E-state index in [1.54, 1.807) is 36.4 Å². The number of benzene rings is 3. The average molecular weight is 541 g/mol. The molecule has 0 heterocycles. The predicted molar refractivity (Wildman–Crippen MR) is 129 cm³/mol. The van der Waals surface area contributed by atoms with E-state index in [0.717, 1.165) is 6.07 Å². The highest BCUT2D eigenvalue weighted by Crippen LogP contribution is 2.39. The van der Waals surface area contributed by atoms with Gasteiger partial charge in [-0.2, -0.15) is 13.2 Å². The van der Waals surface area contributed by atoms with Gasteiger partial charge in [0.1, 0.15) is 23.9 Å². The van der Waals surface area contributed by atoms with Crippen LogP contribution >= 0.6 is 7.82 Å². The minimum absolute atomic E-state index is 0.0101. The van der Waals surface area contributed by atoms with Crippen molar-refractivity contribution in [2.24, 2.45) is 5.73 Å². The van der Waals surface area contributed by atoms with Gasteiger partial charge in [0.2, 0.25) is 0 Å². The molecular formula is C25H27F3NO7P. The standard InChI is InChI=1S/C25H27F3NO7P/c26-25(27,28)22-14-18(11-12-24(29,16-30)17-35-37(31,32)33)9-10-23(22)34-15-19-5-4-8-21(13-19)36-20-6-2-1-3-7-20/h1-10,13-14,30H,11-12,15-17,29H2,(H2,31,32,33). The zero-order chi connectivity index (χ0) is 27.1. The maximum Gasteiger partial charge on any atom is 0.469 e. The van der Waals surface area contributed by atoms with Crippen molar-refractivity contribution in [3.63, 3.8) is 0 Å². The van der Waals surface area contributed by atoms with E-state index in [9.17, 15) is 22.8 Å². The Hall–Kier alpha value is -2.92. The molecule has 0 aliphatic rings. The minimum Gasteiger partial charge on any atom is -0.488 e. The van der Waals surface area contributed by atoms with Gasteiger partial charge in [0, 0.05) is 0 Å². The van der Waals surface area contributed by atoms with Crippen LogP contribution in [0.2, 0.25) is 0 Å². The second kappa shape index (κ2) is 12.1. The highest BCUT2D eigenvalue weighted by Gasteiger charge is 2.35. The number of rotatable bonds is 12. The van der Waals surface area contributed by atoms with Gasteiger partial charge in [-0.25, -0.2) is 4.57 Å². The normalized spacial score (nSPS) is 13.7. The lowest BCUT2D eigenvalue weighted by Gasteiger charge is -2.27. The van der Waals surface area contributed by atoms with Gasteiger partial charge in [-0.1, -0.05) is 36.4 Å². The van der Waals surface area contributed by atoms with Crippen molar-refractivity contribution in [2.75, 3.05) is 13.2 Å². The van der Waals surface area contributed by atoms with Gasteiger partial charge in [0.25, 0.3) is 0 Å². The highest BCUT2D eigenvalue weighted by atomic mass is 31.2. The third-order valence-corrected chi connectivity index (χ3v) is 5.83. The summed E-state index contributed by atoms with van der Waals surface area (Å²) in [4.78, 5) is 17.7. The van der Waals surface area contributed by atoms with Crippen LogP contribution in [0.1, 0.15) is 23.1 Å². The van der Waals surface area contributed by atoms with E-state index >= 15 is 0 Å². The quantitative estimate of drug-likeness (QED) is 0.240. The Labute approximate surface area is 211 Å². The Bertz CT molecular complexity index is 1220. The summed E-state index contributed by atoms with van der Waals surface area (Å²) < 4.78 is 67.9. The molecule has 0 bridgehead atoms. The lowest BCUT2D eigenvalue weighted by Crippen LogP contribution is -2.48. The first kappa shape index (κ1) is 28.6. The Balaban J connectivity index is 1.70. The molecule has 1 unspecified atom stereocenters. The summed E-state index contributed by atoms with van der Waals surface area (Å²) >= 11 is 0. The van der Waals surface area contributed by atoms with Gasteiger partial charge in [-0.15, -0.1) is 0 Å². The van der Waals surface area contributed by atoms with E-state index in [2.05, 4.69) is 4.52 Å². The number of nitrogens with two attached hydrogens (primary N) is 1. The van der Waals surface area contributed by atoms with Gasteiger partial charge >= 0.3 is 14.0 Å². The number of hydrogen-bond acceptors (Lipinski definition) is 6. The number of aryl methyl sites for hydroxylation is 1. The molecule has 0 aliphatic heterocycles. The lowest BCUT2D eigenvalue weighted by atomic mass is 9.93. The first-order valence-corrected chi connectivity index (χ1v) is 12.6. The fourth-order valence-electron chi connectivity index (χ4n) is 3.37. The van der Waals surface area contributed by atoms with Crippen LogP contribution in [0, 0.1) is 0 Å². The van der Waals surface area contributed by atoms with Crippen LogP contribution in [0.25, 0.3) is 0 Å². The molecule has 1 atom stereocenters. The van der Waals surface area contributed by atoms with E-state index in [1.165, 1.54) is 12.1 Å². The molecule has 12 heteroatoms. The molecule has 0 saturated heterocycles. The number of halogens is 3. The highest BCUT2D eigenvalue weighted by molar-refractivity contribution is 7.46. The van der Waals surface area contributed by atoms with Gasteiger partial charge in [-0.3, -0.25) is 4.52 Å². The number of hydrogen-bond donors (Lipinski definition) is 4. The first-order valence-electron chi connectivity index (χ1n) is 11.1. The number of alkyl halides is 3. The maximum atomic E-state index is 13.8. The smallest absolute Gasteiger partial charge is 0.469 e. The van der Waals surface area contributed by atoms with Gasteiger partial charge in [0.15, 0.2) is 0 Å². The molecule has 0 aromatic heterocycles. The number of phosphoric ester groups is 1. The van der Waals surface area contributed by atoms with Crippen LogP contribution in [-0.4, -0.2) is 33.6 Å². The molecule has 0 spiro atoms. The fourth-order valence-corrected chi connectivity index (χ4v) is 3.79. The van der Waals surface area contributed by atoms with Crippen molar-refractivity contribution in [3.8, 4) is 17.2 Å². The van der Waals surface area contributed by atoms with Gasteiger partial charge in [-0.05, 0) is 60.4 Å². The van der Waals surface area contributed by atoms with Crippen LogP contribution in [0.15, 0.2) is 72.8 Å². The number of phosphoric acid groups is 1. The van der Waals surface area contributed by atoms with Crippen molar-refractivity contribution in [2.45, 2.75) is 31.2 Å². The van der Waals surface area contributed by atoms with Crippen LogP contribution in [0.5, 0.6) is 17.2 Å². The van der Waals surface area contributed by atoms with Gasteiger partial charge in [0.05, 0.1) is 24.3 Å². The molecule has 3 aromatic rings. The molecule has 0 saturated carbocycles. The summed E-state index contributed by atoms with van der Waals surface area (Å²) in [6.45, 7) is -1.49. The molecule has 8 nitrogen and oxygen atoms in total. The molecule has 0 fully saturated rings. The zero-order valence-corrected chi connectivity index (χ0v) is 20.5. The number of aliphatic hydroxyl groups excluding tert-OH is 1. The maximum absolute atomic E-state index is 13.8. The second-order valence-corrected chi connectivity index (χ2v) is 9.70. The summed E-state index contributed by atoms with van der Waals surface area (Å²) in [6.07, 6.45) is -4.80. The molecule has 3 rings (SSSR count). The van der Waals surface area contributed by atoms with Crippen LogP contribution in [-0.2, 0) is 28.3 Å². The molecule has 0 amide bonds. The fraction of sp³-hybridized carbons (Fsp3) is 0.280. The van der Waals surface area contributed by atoms with Crippen LogP contribution < -0.4 is 15.2 Å². The third kappa shape index (κ3) is 9.15. The largest absolute Gasteiger partial charge is 0.488 e. The molecule has 5 N–H and O–H groups in total. The third-order valence-electron chi connectivity index (χ3n) is 5.37. The SMILES string of the molecule is NC(CO)(CCc1ccc(OCc2cccc(Oc3ccccc3)c2)c(C(F)(F)F)c1)COP(=O)(O)O. The van der Waals surface area contributed by atoms with Crippen molar-refractivity contribution < 1.29 is 46.6 Å². The topological polar surface area (TPSA) is 131 Å². The molecule has 3 aromatic carbocycles. The molecular weight excluding hydrogens is 514 g/mol. The lowest BCUT2D eigenvalue weighted by molar-refractivity contribution is -0.139. The van der Waals surface area contributed by atoms with Crippen molar-refractivity contribution >= 4 is 7.82 Å². The summed E-state index contributed by atoms with van der Waals surface area (Å²) in [5.74, 6) is 0.763. The van der Waals surface area contributed by atoms with E-state index in [-0.39, 0.29) is 30.8 Å². The number of para-hydroxylation sites is 1. The summed E-state index contributed by atoms with van der Waals surface area (Å²) in [5, 5.41) is 9.50. The molecule has 200 valence electrons. The Morgan fingerprint density at radius 2 is 1.59 bits per heavy atom. The van der Waals surface area contributed by atoms with E-state index in [0.29, 0.717) is 17.1 Å². The Kier molecular flexibility index (Phi) is 9.36. The molecule has 0 radical (unpaired) electrons. The Morgan fingerprint density at radius 3 is 2.24 bits per heavy atom. The van der Waals surface area contributed by atoms with Crippen molar-refractivity contribution in [1.29, 1.82) is 0 Å². The van der Waals surface area contributed by atoms with Crippen LogP contribution in [0.4, 0.5) is 13.2 Å².